The molecule has 140 valence electrons. The molecule has 3 aromatic rings. The SMILES string of the molecule is CCCCCCOc1ccc(-c2cnc3cc(C(=O)OC)ccc3n2)cc1. The number of carbonyl (C=O) groups excluding carboxylic acids is 1. The molecule has 1 heterocycles. The molecule has 2 aromatic carbocycles. The van der Waals surface area contributed by atoms with Crippen molar-refractivity contribution in [3.05, 3.63) is 54.2 Å². The van der Waals surface area contributed by atoms with E-state index >= 15 is 0 Å². The van der Waals surface area contributed by atoms with Crippen LogP contribution in [0.4, 0.5) is 0 Å². The molecule has 0 spiro atoms. The number of ether oxygens (including phenoxy) is 2. The van der Waals surface area contributed by atoms with E-state index in [-0.39, 0.29) is 5.97 Å². The smallest absolute Gasteiger partial charge is 0.337 e. The third-order valence-corrected chi connectivity index (χ3v) is 4.38. The zero-order valence-electron chi connectivity index (χ0n) is 15.8. The van der Waals surface area contributed by atoms with Crippen molar-refractivity contribution >= 4 is 17.0 Å². The van der Waals surface area contributed by atoms with Gasteiger partial charge in [-0.3, -0.25) is 4.98 Å². The van der Waals surface area contributed by atoms with Crippen LogP contribution in [0.1, 0.15) is 43.0 Å². The predicted molar refractivity (Wildman–Crippen MR) is 106 cm³/mol. The van der Waals surface area contributed by atoms with Crippen molar-refractivity contribution in [2.75, 3.05) is 13.7 Å². The van der Waals surface area contributed by atoms with Gasteiger partial charge in [0.15, 0.2) is 0 Å². The van der Waals surface area contributed by atoms with E-state index < -0.39 is 0 Å². The van der Waals surface area contributed by atoms with Crippen molar-refractivity contribution in [1.29, 1.82) is 0 Å². The second-order valence-electron chi connectivity index (χ2n) is 6.38. The number of rotatable bonds is 8. The Bertz CT molecular complexity index is 907. The van der Waals surface area contributed by atoms with Crippen LogP contribution < -0.4 is 4.74 Å². The Balaban J connectivity index is 1.70. The van der Waals surface area contributed by atoms with Crippen molar-refractivity contribution < 1.29 is 14.3 Å². The zero-order chi connectivity index (χ0) is 19.1. The summed E-state index contributed by atoms with van der Waals surface area (Å²) in [6, 6.07) is 13.1. The van der Waals surface area contributed by atoms with E-state index in [4.69, 9.17) is 9.47 Å². The Labute approximate surface area is 159 Å². The molecule has 27 heavy (non-hydrogen) atoms. The van der Waals surface area contributed by atoms with Crippen LogP contribution in [0.15, 0.2) is 48.7 Å². The van der Waals surface area contributed by atoms with E-state index in [2.05, 4.69) is 16.9 Å². The first kappa shape index (κ1) is 18.8. The largest absolute Gasteiger partial charge is 0.494 e. The maximum absolute atomic E-state index is 11.6. The normalized spacial score (nSPS) is 10.7. The molecule has 0 N–H and O–H groups in total. The van der Waals surface area contributed by atoms with Gasteiger partial charge < -0.3 is 9.47 Å². The standard InChI is InChI=1S/C22H24N2O3/c1-3-4-5-6-13-27-18-10-7-16(8-11-18)21-15-23-20-14-17(22(25)26-2)9-12-19(20)24-21/h7-12,14-15H,3-6,13H2,1-2H3. The summed E-state index contributed by atoms with van der Waals surface area (Å²) in [6.07, 6.45) is 6.48. The van der Waals surface area contributed by atoms with Gasteiger partial charge in [-0.1, -0.05) is 26.2 Å². The molecule has 0 fully saturated rings. The first-order valence-corrected chi connectivity index (χ1v) is 9.29. The van der Waals surface area contributed by atoms with Crippen LogP contribution >= 0.6 is 0 Å². The molecule has 5 nitrogen and oxygen atoms in total. The Hall–Kier alpha value is -2.95. The van der Waals surface area contributed by atoms with Crippen molar-refractivity contribution in [3.63, 3.8) is 0 Å². The van der Waals surface area contributed by atoms with Gasteiger partial charge in [-0.2, -0.15) is 0 Å². The lowest BCUT2D eigenvalue weighted by Gasteiger charge is -2.08. The number of methoxy groups -OCH3 is 1. The topological polar surface area (TPSA) is 61.3 Å². The van der Waals surface area contributed by atoms with Gasteiger partial charge in [-0.15, -0.1) is 0 Å². The maximum atomic E-state index is 11.6. The second kappa shape index (κ2) is 9.12. The number of carbonyl (C=O) groups is 1. The minimum atomic E-state index is -0.381. The monoisotopic (exact) mass is 364 g/mol. The quantitative estimate of drug-likeness (QED) is 0.414. The number of esters is 1. The lowest BCUT2D eigenvalue weighted by molar-refractivity contribution is 0.0601. The number of hydrogen-bond acceptors (Lipinski definition) is 5. The van der Waals surface area contributed by atoms with Gasteiger partial charge in [0, 0.05) is 5.56 Å². The summed E-state index contributed by atoms with van der Waals surface area (Å²) < 4.78 is 10.5. The summed E-state index contributed by atoms with van der Waals surface area (Å²) in [6.45, 7) is 2.95. The van der Waals surface area contributed by atoms with Crippen LogP contribution in [0.3, 0.4) is 0 Å². The summed E-state index contributed by atoms with van der Waals surface area (Å²) in [5.41, 5.74) is 3.61. The number of nitrogens with zero attached hydrogens (tertiary/aromatic N) is 2. The molecular weight excluding hydrogens is 340 g/mol. The van der Waals surface area contributed by atoms with Crippen LogP contribution in [0.2, 0.25) is 0 Å². The minimum Gasteiger partial charge on any atom is -0.494 e. The van der Waals surface area contributed by atoms with E-state index in [1.54, 1.807) is 24.4 Å². The fourth-order valence-corrected chi connectivity index (χ4v) is 2.84. The van der Waals surface area contributed by atoms with Crippen molar-refractivity contribution in [3.8, 4) is 17.0 Å². The highest BCUT2D eigenvalue weighted by Gasteiger charge is 2.08. The van der Waals surface area contributed by atoms with Gasteiger partial charge in [0.05, 0.1) is 42.2 Å². The first-order valence-electron chi connectivity index (χ1n) is 9.29. The molecule has 0 atom stereocenters. The first-order chi connectivity index (χ1) is 13.2. The minimum absolute atomic E-state index is 0.381. The predicted octanol–water partition coefficient (Wildman–Crippen LogP) is 5.04. The molecule has 5 heteroatoms. The number of hydrogen-bond donors (Lipinski definition) is 0. The molecule has 3 rings (SSSR count). The molecule has 0 aliphatic rings. The summed E-state index contributed by atoms with van der Waals surface area (Å²) in [5, 5.41) is 0. The van der Waals surface area contributed by atoms with Crippen LogP contribution in [0.5, 0.6) is 5.75 Å². The van der Waals surface area contributed by atoms with E-state index in [1.807, 2.05) is 24.3 Å². The summed E-state index contributed by atoms with van der Waals surface area (Å²) in [7, 11) is 1.36. The van der Waals surface area contributed by atoms with Crippen LogP contribution in [0, 0.1) is 0 Å². The van der Waals surface area contributed by atoms with Crippen LogP contribution in [-0.4, -0.2) is 29.7 Å². The molecule has 0 saturated carbocycles. The molecule has 0 amide bonds. The average molecular weight is 364 g/mol. The highest BCUT2D eigenvalue weighted by molar-refractivity contribution is 5.93. The average Bonchev–Trinajstić information content (AvgIpc) is 2.72. The van der Waals surface area contributed by atoms with Gasteiger partial charge >= 0.3 is 5.97 Å². The van der Waals surface area contributed by atoms with Crippen LogP contribution in [-0.2, 0) is 4.74 Å². The van der Waals surface area contributed by atoms with Gasteiger partial charge in [-0.05, 0) is 48.9 Å². The van der Waals surface area contributed by atoms with Crippen molar-refractivity contribution in [2.45, 2.75) is 32.6 Å². The molecule has 0 saturated heterocycles. The molecule has 0 unspecified atom stereocenters. The Morgan fingerprint density at radius 3 is 2.56 bits per heavy atom. The van der Waals surface area contributed by atoms with Gasteiger partial charge in [0.25, 0.3) is 0 Å². The number of fused-ring (bicyclic) bond motifs is 1. The summed E-state index contributed by atoms with van der Waals surface area (Å²) in [4.78, 5) is 20.7. The number of benzene rings is 2. The number of unbranched alkanes of at least 4 members (excludes halogenated alkanes) is 3. The Kier molecular flexibility index (Phi) is 6.36. The van der Waals surface area contributed by atoms with Crippen molar-refractivity contribution in [2.24, 2.45) is 0 Å². The maximum Gasteiger partial charge on any atom is 0.337 e. The van der Waals surface area contributed by atoms with Gasteiger partial charge in [0.2, 0.25) is 0 Å². The van der Waals surface area contributed by atoms with Gasteiger partial charge in [0.1, 0.15) is 5.75 Å². The third-order valence-electron chi connectivity index (χ3n) is 4.38. The molecule has 0 aliphatic carbocycles. The van der Waals surface area contributed by atoms with Crippen molar-refractivity contribution in [1.82, 2.24) is 9.97 Å². The second-order valence-corrected chi connectivity index (χ2v) is 6.38. The van der Waals surface area contributed by atoms with E-state index in [1.165, 1.54) is 26.4 Å². The lowest BCUT2D eigenvalue weighted by atomic mass is 10.1. The van der Waals surface area contributed by atoms with Gasteiger partial charge in [-0.25, -0.2) is 9.78 Å². The summed E-state index contributed by atoms with van der Waals surface area (Å²) >= 11 is 0. The van der Waals surface area contributed by atoms with E-state index in [0.717, 1.165) is 35.6 Å². The molecule has 0 aliphatic heterocycles. The van der Waals surface area contributed by atoms with Crippen LogP contribution in [0.25, 0.3) is 22.3 Å². The fourth-order valence-electron chi connectivity index (χ4n) is 2.84. The third kappa shape index (κ3) is 4.82. The lowest BCUT2D eigenvalue weighted by Crippen LogP contribution is -2.01. The van der Waals surface area contributed by atoms with E-state index in [9.17, 15) is 4.79 Å². The highest BCUT2D eigenvalue weighted by atomic mass is 16.5. The van der Waals surface area contributed by atoms with E-state index in [0.29, 0.717) is 11.1 Å². The highest BCUT2D eigenvalue weighted by Crippen LogP contribution is 2.23. The Morgan fingerprint density at radius 1 is 1.00 bits per heavy atom. The summed E-state index contributed by atoms with van der Waals surface area (Å²) in [5.74, 6) is 0.486. The molecule has 1 aromatic heterocycles. The molecule has 0 radical (unpaired) electrons. The fraction of sp³-hybridized carbons (Fsp3) is 0.318. The zero-order valence-corrected chi connectivity index (χ0v) is 15.8. The number of aromatic nitrogens is 2. The molecule has 0 bridgehead atoms. The molecular formula is C22H24N2O3. The Morgan fingerprint density at radius 2 is 1.81 bits per heavy atom.